The van der Waals surface area contributed by atoms with E-state index < -0.39 is 0 Å². The SMILES string of the molecule is CN(C)CC(=O)N1CCN(n2nc(-c3ccc(Oc4ccccc4)cc3)c3c(N)ncnc32)CC1. The molecule has 2 N–H and O–H groups in total. The highest BCUT2D eigenvalue weighted by Crippen LogP contribution is 2.32. The first-order valence-corrected chi connectivity index (χ1v) is 11.5. The van der Waals surface area contributed by atoms with Crippen LogP contribution in [0.15, 0.2) is 60.9 Å². The van der Waals surface area contributed by atoms with Crippen LogP contribution in [0.3, 0.4) is 0 Å². The smallest absolute Gasteiger partial charge is 0.236 e. The number of ether oxygens (including phenoxy) is 1. The Morgan fingerprint density at radius 3 is 2.34 bits per heavy atom. The molecule has 1 aliphatic heterocycles. The minimum atomic E-state index is 0.130. The summed E-state index contributed by atoms with van der Waals surface area (Å²) in [6.45, 7) is 2.93. The normalized spacial score (nSPS) is 14.0. The topological polar surface area (TPSA) is 106 Å². The van der Waals surface area contributed by atoms with Crippen molar-refractivity contribution in [2.45, 2.75) is 0 Å². The van der Waals surface area contributed by atoms with E-state index in [1.54, 1.807) is 4.79 Å². The number of benzene rings is 2. The van der Waals surface area contributed by atoms with Gasteiger partial charge in [-0.25, -0.2) is 9.97 Å². The average molecular weight is 473 g/mol. The Morgan fingerprint density at radius 2 is 1.66 bits per heavy atom. The maximum Gasteiger partial charge on any atom is 0.236 e. The predicted octanol–water partition coefficient (Wildman–Crippen LogP) is 2.21. The number of hydrogen-bond donors (Lipinski definition) is 1. The Labute approximate surface area is 203 Å². The van der Waals surface area contributed by atoms with E-state index in [1.807, 2.05) is 78.5 Å². The Balaban J connectivity index is 1.40. The van der Waals surface area contributed by atoms with Crippen molar-refractivity contribution in [2.24, 2.45) is 0 Å². The summed E-state index contributed by atoms with van der Waals surface area (Å²) in [5, 5.41) is 7.68. The lowest BCUT2D eigenvalue weighted by atomic mass is 10.1. The Hall–Kier alpha value is -4.18. The molecule has 2 aromatic carbocycles. The van der Waals surface area contributed by atoms with Crippen molar-refractivity contribution >= 4 is 22.8 Å². The van der Waals surface area contributed by atoms with E-state index >= 15 is 0 Å². The van der Waals surface area contributed by atoms with Gasteiger partial charge in [0.05, 0.1) is 25.0 Å². The number of hydrogen-bond acceptors (Lipinski definition) is 8. The first kappa shape index (κ1) is 22.6. The lowest BCUT2D eigenvalue weighted by Crippen LogP contribution is -2.54. The fourth-order valence-electron chi connectivity index (χ4n) is 4.17. The van der Waals surface area contributed by atoms with Crippen molar-refractivity contribution < 1.29 is 9.53 Å². The van der Waals surface area contributed by atoms with Gasteiger partial charge in [0.1, 0.15) is 29.3 Å². The summed E-state index contributed by atoms with van der Waals surface area (Å²) in [5.41, 5.74) is 8.50. The van der Waals surface area contributed by atoms with Crippen molar-refractivity contribution in [3.8, 4) is 22.8 Å². The number of carbonyl (C=O) groups is 1. The molecule has 0 saturated carbocycles. The van der Waals surface area contributed by atoms with Crippen LogP contribution in [0.4, 0.5) is 5.82 Å². The molecule has 35 heavy (non-hydrogen) atoms. The third-order valence-corrected chi connectivity index (χ3v) is 5.91. The zero-order chi connectivity index (χ0) is 24.4. The zero-order valence-electron chi connectivity index (χ0n) is 19.8. The van der Waals surface area contributed by atoms with E-state index in [-0.39, 0.29) is 5.91 Å². The molecule has 5 rings (SSSR count). The van der Waals surface area contributed by atoms with Gasteiger partial charge in [-0.15, -0.1) is 5.10 Å². The van der Waals surface area contributed by atoms with Gasteiger partial charge in [-0.1, -0.05) is 18.2 Å². The van der Waals surface area contributed by atoms with Crippen LogP contribution >= 0.6 is 0 Å². The van der Waals surface area contributed by atoms with E-state index in [2.05, 4.69) is 15.0 Å². The first-order chi connectivity index (χ1) is 17.0. The average Bonchev–Trinajstić information content (AvgIpc) is 3.26. The van der Waals surface area contributed by atoms with Crippen LogP contribution < -0.4 is 15.5 Å². The number of rotatable bonds is 6. The van der Waals surface area contributed by atoms with Crippen LogP contribution in [0.5, 0.6) is 11.5 Å². The molecule has 10 nitrogen and oxygen atoms in total. The van der Waals surface area contributed by atoms with E-state index in [0.717, 1.165) is 17.1 Å². The molecule has 0 unspecified atom stereocenters. The number of amides is 1. The Kier molecular flexibility index (Phi) is 6.19. The van der Waals surface area contributed by atoms with Crippen molar-refractivity contribution in [1.82, 2.24) is 29.7 Å². The number of nitrogen functional groups attached to an aromatic ring is 1. The molecule has 0 aliphatic carbocycles. The van der Waals surface area contributed by atoms with E-state index in [4.69, 9.17) is 15.6 Å². The lowest BCUT2D eigenvalue weighted by Gasteiger charge is -2.36. The number of aromatic nitrogens is 4. The van der Waals surface area contributed by atoms with Gasteiger partial charge in [0.25, 0.3) is 0 Å². The van der Waals surface area contributed by atoms with Gasteiger partial charge in [0.15, 0.2) is 5.65 Å². The van der Waals surface area contributed by atoms with Gasteiger partial charge in [0, 0.05) is 18.7 Å². The van der Waals surface area contributed by atoms with E-state index in [0.29, 0.717) is 55.3 Å². The van der Waals surface area contributed by atoms with Gasteiger partial charge in [-0.3, -0.25) is 9.80 Å². The van der Waals surface area contributed by atoms with E-state index in [1.165, 1.54) is 6.33 Å². The molecule has 0 bridgehead atoms. The summed E-state index contributed by atoms with van der Waals surface area (Å²) >= 11 is 0. The Bertz CT molecular complexity index is 1310. The van der Waals surface area contributed by atoms with Crippen LogP contribution in [-0.4, -0.2) is 82.4 Å². The summed E-state index contributed by atoms with van der Waals surface area (Å²) in [4.78, 5) is 26.7. The molecule has 2 aromatic heterocycles. The van der Waals surface area contributed by atoms with Crippen molar-refractivity contribution in [1.29, 1.82) is 0 Å². The van der Waals surface area contributed by atoms with Crippen molar-refractivity contribution in [3.63, 3.8) is 0 Å². The van der Waals surface area contributed by atoms with Crippen molar-refractivity contribution in [3.05, 3.63) is 60.9 Å². The summed E-state index contributed by atoms with van der Waals surface area (Å²) in [6, 6.07) is 17.4. The highest BCUT2D eigenvalue weighted by molar-refractivity contribution is 5.98. The molecule has 0 atom stereocenters. The molecule has 1 saturated heterocycles. The monoisotopic (exact) mass is 472 g/mol. The summed E-state index contributed by atoms with van der Waals surface area (Å²) in [5.74, 6) is 2.01. The maximum absolute atomic E-state index is 12.4. The lowest BCUT2D eigenvalue weighted by molar-refractivity contribution is -0.132. The van der Waals surface area contributed by atoms with Crippen LogP contribution in [-0.2, 0) is 4.79 Å². The number of anilines is 1. The molecule has 10 heteroatoms. The third-order valence-electron chi connectivity index (χ3n) is 5.91. The Morgan fingerprint density at radius 1 is 0.971 bits per heavy atom. The molecule has 3 heterocycles. The zero-order valence-corrected chi connectivity index (χ0v) is 19.8. The number of fused-ring (bicyclic) bond motifs is 1. The second-order valence-corrected chi connectivity index (χ2v) is 8.71. The molecule has 1 aliphatic rings. The van der Waals surface area contributed by atoms with Crippen LogP contribution in [0.1, 0.15) is 0 Å². The minimum absolute atomic E-state index is 0.130. The predicted molar refractivity (Wildman–Crippen MR) is 135 cm³/mol. The number of carbonyl (C=O) groups excluding carboxylic acids is 1. The van der Waals surface area contributed by atoms with Crippen molar-refractivity contribution in [2.75, 3.05) is 57.6 Å². The second-order valence-electron chi connectivity index (χ2n) is 8.71. The fourth-order valence-corrected chi connectivity index (χ4v) is 4.17. The summed E-state index contributed by atoms with van der Waals surface area (Å²) in [7, 11) is 3.80. The standard InChI is InChI=1S/C25H28N8O2/c1-30(2)16-21(34)31-12-14-32(15-13-31)33-25-22(24(26)27-17-28-25)23(29-33)18-8-10-20(11-9-18)35-19-6-4-3-5-7-19/h3-11,17H,12-16H2,1-2H3,(H2,26,27,28). The maximum atomic E-state index is 12.4. The highest BCUT2D eigenvalue weighted by Gasteiger charge is 2.25. The number of piperazine rings is 1. The number of para-hydroxylation sites is 1. The minimum Gasteiger partial charge on any atom is -0.457 e. The number of nitrogens with zero attached hydrogens (tertiary/aromatic N) is 7. The first-order valence-electron chi connectivity index (χ1n) is 11.5. The van der Waals surface area contributed by atoms with Gasteiger partial charge >= 0.3 is 0 Å². The third kappa shape index (κ3) is 4.73. The fraction of sp³-hybridized carbons (Fsp3) is 0.280. The molecular formula is C25H28N8O2. The summed E-state index contributed by atoms with van der Waals surface area (Å²) < 4.78 is 5.92. The molecule has 1 amide bonds. The van der Waals surface area contributed by atoms with Gasteiger partial charge in [-0.05, 0) is 50.5 Å². The molecule has 4 aromatic rings. The number of likely N-dealkylation sites (N-methyl/N-ethyl adjacent to an activating group) is 1. The summed E-state index contributed by atoms with van der Waals surface area (Å²) in [6.07, 6.45) is 1.45. The van der Waals surface area contributed by atoms with Gasteiger partial charge < -0.3 is 20.3 Å². The van der Waals surface area contributed by atoms with Crippen LogP contribution in [0, 0.1) is 0 Å². The molecule has 1 fully saturated rings. The molecule has 0 spiro atoms. The molecule has 180 valence electrons. The number of nitrogens with two attached hydrogens (primary N) is 1. The van der Waals surface area contributed by atoms with E-state index in [9.17, 15) is 4.79 Å². The largest absolute Gasteiger partial charge is 0.457 e. The van der Waals surface area contributed by atoms with Gasteiger partial charge in [0.2, 0.25) is 5.91 Å². The van der Waals surface area contributed by atoms with Gasteiger partial charge in [-0.2, -0.15) is 4.79 Å². The van der Waals surface area contributed by atoms with Crippen LogP contribution in [0.25, 0.3) is 22.3 Å². The molecular weight excluding hydrogens is 444 g/mol. The highest BCUT2D eigenvalue weighted by atomic mass is 16.5. The van der Waals surface area contributed by atoms with Crippen LogP contribution in [0.2, 0.25) is 0 Å². The molecule has 0 radical (unpaired) electrons. The quantitative estimate of drug-likeness (QED) is 0.455. The second kappa shape index (κ2) is 9.59.